The molecule has 1 fully saturated rings. The molecule has 1 aliphatic heterocycles. The topological polar surface area (TPSA) is 55.6 Å². The summed E-state index contributed by atoms with van der Waals surface area (Å²) in [5, 5.41) is 0.966. The Kier molecular flexibility index (Phi) is 4.91. The minimum Gasteiger partial charge on any atom is -0.488 e. The molecule has 0 aromatic heterocycles. The van der Waals surface area contributed by atoms with E-state index in [-0.39, 0.29) is 12.0 Å². The Bertz CT molecular complexity index is 468. The van der Waals surface area contributed by atoms with Gasteiger partial charge in [-0.3, -0.25) is 4.79 Å². The van der Waals surface area contributed by atoms with Crippen LogP contribution >= 0.6 is 23.2 Å². The maximum absolute atomic E-state index is 11.7. The van der Waals surface area contributed by atoms with Gasteiger partial charge in [0.1, 0.15) is 11.9 Å². The zero-order valence-corrected chi connectivity index (χ0v) is 12.0. The first-order valence-corrected chi connectivity index (χ1v) is 6.95. The third kappa shape index (κ3) is 3.75. The Morgan fingerprint density at radius 3 is 2.89 bits per heavy atom. The molecule has 1 atom stereocenters. The summed E-state index contributed by atoms with van der Waals surface area (Å²) in [7, 11) is 0. The molecule has 0 spiro atoms. The molecule has 1 aromatic carbocycles. The highest BCUT2D eigenvalue weighted by Crippen LogP contribution is 2.28. The van der Waals surface area contributed by atoms with E-state index in [0.29, 0.717) is 41.8 Å². The average molecular weight is 303 g/mol. The summed E-state index contributed by atoms with van der Waals surface area (Å²) in [6, 6.07) is 5.17. The Hall–Kier alpha value is -0.970. The number of benzene rings is 1. The largest absolute Gasteiger partial charge is 0.488 e. The van der Waals surface area contributed by atoms with Crippen molar-refractivity contribution in [1.82, 2.24) is 4.90 Å². The predicted molar refractivity (Wildman–Crippen MR) is 75.7 cm³/mol. The highest BCUT2D eigenvalue weighted by Gasteiger charge is 2.27. The van der Waals surface area contributed by atoms with Crippen LogP contribution in [-0.2, 0) is 4.79 Å². The first kappa shape index (κ1) is 14.4. The number of hydrogen-bond donors (Lipinski definition) is 1. The van der Waals surface area contributed by atoms with E-state index in [2.05, 4.69) is 0 Å². The molecular formula is C13H16Cl2N2O2. The second-order valence-electron chi connectivity index (χ2n) is 4.48. The maximum atomic E-state index is 11.7. The monoisotopic (exact) mass is 302 g/mol. The number of rotatable bonds is 4. The predicted octanol–water partition coefficient (Wildman–Crippen LogP) is 2.32. The normalized spacial score (nSPS) is 18.7. The standard InChI is InChI=1S/C13H16Cl2N2O2/c14-11-2-1-9(7-12(11)15)19-10-4-6-17(8-10)13(18)3-5-16/h1-2,7,10H,3-6,8,16H2/t10-/m1/s1. The molecule has 0 unspecified atom stereocenters. The lowest BCUT2D eigenvalue weighted by atomic mass is 10.3. The van der Waals surface area contributed by atoms with Gasteiger partial charge < -0.3 is 15.4 Å². The number of carbonyl (C=O) groups excluding carboxylic acids is 1. The average Bonchev–Trinajstić information content (AvgIpc) is 2.83. The number of nitrogens with zero attached hydrogens (tertiary/aromatic N) is 1. The molecular weight excluding hydrogens is 287 g/mol. The summed E-state index contributed by atoms with van der Waals surface area (Å²) < 4.78 is 5.80. The molecule has 104 valence electrons. The van der Waals surface area contributed by atoms with Crippen LogP contribution in [0.4, 0.5) is 0 Å². The Labute approximate surface area is 122 Å². The van der Waals surface area contributed by atoms with E-state index in [1.54, 1.807) is 23.1 Å². The Morgan fingerprint density at radius 2 is 2.21 bits per heavy atom. The molecule has 6 heteroatoms. The van der Waals surface area contributed by atoms with Crippen LogP contribution in [0.25, 0.3) is 0 Å². The molecule has 0 bridgehead atoms. The summed E-state index contributed by atoms with van der Waals surface area (Å²) >= 11 is 11.8. The van der Waals surface area contributed by atoms with Gasteiger partial charge in [0.25, 0.3) is 0 Å². The SMILES string of the molecule is NCCC(=O)N1CC[C@@H](Oc2ccc(Cl)c(Cl)c2)C1. The van der Waals surface area contributed by atoms with Crippen molar-refractivity contribution in [3.63, 3.8) is 0 Å². The molecule has 1 amide bonds. The summed E-state index contributed by atoms with van der Waals surface area (Å²) in [6.45, 7) is 1.69. The number of ether oxygens (including phenoxy) is 1. The molecule has 2 N–H and O–H groups in total. The number of carbonyl (C=O) groups is 1. The zero-order chi connectivity index (χ0) is 13.8. The van der Waals surface area contributed by atoms with E-state index in [0.717, 1.165) is 6.42 Å². The lowest BCUT2D eigenvalue weighted by Gasteiger charge is -2.17. The molecule has 0 radical (unpaired) electrons. The van der Waals surface area contributed by atoms with Gasteiger partial charge >= 0.3 is 0 Å². The van der Waals surface area contributed by atoms with Crippen molar-refractivity contribution in [3.05, 3.63) is 28.2 Å². The van der Waals surface area contributed by atoms with Crippen LogP contribution in [0.1, 0.15) is 12.8 Å². The van der Waals surface area contributed by atoms with Gasteiger partial charge in [-0.05, 0) is 12.1 Å². The highest BCUT2D eigenvalue weighted by atomic mass is 35.5. The van der Waals surface area contributed by atoms with Gasteiger partial charge in [0.05, 0.1) is 16.6 Å². The molecule has 1 aromatic rings. The lowest BCUT2D eigenvalue weighted by molar-refractivity contribution is -0.130. The first-order valence-electron chi connectivity index (χ1n) is 6.19. The third-order valence-corrected chi connectivity index (χ3v) is 3.79. The van der Waals surface area contributed by atoms with Gasteiger partial charge in [0.2, 0.25) is 5.91 Å². The van der Waals surface area contributed by atoms with Crippen molar-refractivity contribution in [2.75, 3.05) is 19.6 Å². The van der Waals surface area contributed by atoms with Crippen molar-refractivity contribution >= 4 is 29.1 Å². The van der Waals surface area contributed by atoms with Crippen LogP contribution in [0.5, 0.6) is 5.75 Å². The fraction of sp³-hybridized carbons (Fsp3) is 0.462. The van der Waals surface area contributed by atoms with E-state index < -0.39 is 0 Å². The molecule has 1 saturated heterocycles. The van der Waals surface area contributed by atoms with Crippen LogP contribution in [0.3, 0.4) is 0 Å². The molecule has 1 aliphatic rings. The van der Waals surface area contributed by atoms with Crippen LogP contribution < -0.4 is 10.5 Å². The number of hydrogen-bond acceptors (Lipinski definition) is 3. The fourth-order valence-corrected chi connectivity index (χ4v) is 2.36. The van der Waals surface area contributed by atoms with Crippen molar-refractivity contribution in [2.45, 2.75) is 18.9 Å². The minimum atomic E-state index is -0.000957. The van der Waals surface area contributed by atoms with Crippen molar-refractivity contribution in [1.29, 1.82) is 0 Å². The van der Waals surface area contributed by atoms with E-state index in [4.69, 9.17) is 33.7 Å². The van der Waals surface area contributed by atoms with Gasteiger partial charge in [0.15, 0.2) is 0 Å². The molecule has 0 saturated carbocycles. The number of nitrogens with two attached hydrogens (primary N) is 1. The minimum absolute atomic E-state index is 0.000957. The van der Waals surface area contributed by atoms with Gasteiger partial charge in [-0.25, -0.2) is 0 Å². The summed E-state index contributed by atoms with van der Waals surface area (Å²) in [5.74, 6) is 0.760. The summed E-state index contributed by atoms with van der Waals surface area (Å²) in [6.07, 6.45) is 1.20. The fourth-order valence-electron chi connectivity index (χ4n) is 2.08. The van der Waals surface area contributed by atoms with Gasteiger partial charge in [-0.2, -0.15) is 0 Å². The Morgan fingerprint density at radius 1 is 1.42 bits per heavy atom. The molecule has 19 heavy (non-hydrogen) atoms. The number of likely N-dealkylation sites (tertiary alicyclic amines) is 1. The van der Waals surface area contributed by atoms with Gasteiger partial charge in [-0.1, -0.05) is 23.2 Å². The third-order valence-electron chi connectivity index (χ3n) is 3.05. The van der Waals surface area contributed by atoms with E-state index in [1.165, 1.54) is 0 Å². The molecule has 4 nitrogen and oxygen atoms in total. The molecule has 2 rings (SSSR count). The second-order valence-corrected chi connectivity index (χ2v) is 5.30. The van der Waals surface area contributed by atoms with Gasteiger partial charge in [0, 0.05) is 32.0 Å². The van der Waals surface area contributed by atoms with E-state index in [1.807, 2.05) is 0 Å². The van der Waals surface area contributed by atoms with Crippen LogP contribution in [-0.4, -0.2) is 36.5 Å². The highest BCUT2D eigenvalue weighted by molar-refractivity contribution is 6.42. The number of amides is 1. The van der Waals surface area contributed by atoms with Crippen LogP contribution in [0.15, 0.2) is 18.2 Å². The van der Waals surface area contributed by atoms with E-state index in [9.17, 15) is 4.79 Å². The smallest absolute Gasteiger partial charge is 0.223 e. The first-order chi connectivity index (χ1) is 9.10. The second kappa shape index (κ2) is 6.46. The van der Waals surface area contributed by atoms with Crippen LogP contribution in [0, 0.1) is 0 Å². The molecule has 0 aliphatic carbocycles. The maximum Gasteiger partial charge on any atom is 0.223 e. The van der Waals surface area contributed by atoms with Crippen molar-refractivity contribution in [2.24, 2.45) is 5.73 Å². The summed E-state index contributed by atoms with van der Waals surface area (Å²) in [5.41, 5.74) is 5.38. The van der Waals surface area contributed by atoms with Gasteiger partial charge in [-0.15, -0.1) is 0 Å². The van der Waals surface area contributed by atoms with Crippen molar-refractivity contribution < 1.29 is 9.53 Å². The van der Waals surface area contributed by atoms with Crippen LogP contribution in [0.2, 0.25) is 10.0 Å². The van der Waals surface area contributed by atoms with Crippen molar-refractivity contribution in [3.8, 4) is 5.75 Å². The lowest BCUT2D eigenvalue weighted by Crippen LogP contribution is -2.32. The molecule has 1 heterocycles. The van der Waals surface area contributed by atoms with E-state index >= 15 is 0 Å². The summed E-state index contributed by atoms with van der Waals surface area (Å²) in [4.78, 5) is 13.5. The Balaban J connectivity index is 1.91. The quantitative estimate of drug-likeness (QED) is 0.928. The number of halogens is 2. The zero-order valence-electron chi connectivity index (χ0n) is 10.4.